The van der Waals surface area contributed by atoms with Gasteiger partial charge >= 0.3 is 0 Å². The third kappa shape index (κ3) is 4.16. The van der Waals surface area contributed by atoms with Crippen LogP contribution >= 0.6 is 11.3 Å². The van der Waals surface area contributed by atoms with E-state index >= 15 is 0 Å². The lowest BCUT2D eigenvalue weighted by atomic mass is 9.99. The first-order valence-electron chi connectivity index (χ1n) is 10.8. The van der Waals surface area contributed by atoms with E-state index in [-0.39, 0.29) is 5.56 Å². The van der Waals surface area contributed by atoms with E-state index < -0.39 is 0 Å². The molecule has 1 aliphatic rings. The van der Waals surface area contributed by atoms with Gasteiger partial charge in [-0.3, -0.25) is 4.79 Å². The highest BCUT2D eigenvalue weighted by Crippen LogP contribution is 2.37. The predicted molar refractivity (Wildman–Crippen MR) is 129 cm³/mol. The number of pyridine rings is 1. The maximum atomic E-state index is 13.1. The van der Waals surface area contributed by atoms with Crippen LogP contribution < -0.4 is 15.6 Å². The molecule has 5 heteroatoms. The van der Waals surface area contributed by atoms with Crippen molar-refractivity contribution in [3.63, 3.8) is 0 Å². The molecule has 2 N–H and O–H groups in total. The summed E-state index contributed by atoms with van der Waals surface area (Å²) in [6, 6.07) is 18.7. The van der Waals surface area contributed by atoms with E-state index in [4.69, 9.17) is 4.74 Å². The first-order chi connectivity index (χ1) is 15.2. The number of ether oxygens (including phenoxy) is 1. The lowest BCUT2D eigenvalue weighted by Crippen LogP contribution is -2.30. The molecule has 2 aromatic heterocycles. The molecule has 1 fully saturated rings. The summed E-state index contributed by atoms with van der Waals surface area (Å²) in [7, 11) is 0. The van der Waals surface area contributed by atoms with E-state index in [1.54, 1.807) is 11.3 Å². The van der Waals surface area contributed by atoms with E-state index in [9.17, 15) is 4.79 Å². The SMILES string of the molecule is Cc1ccc(-c2ccc3[nH]c(=O)c(-c4cccs4)c(OCC4CCNCC4)c3c2)cc1. The smallest absolute Gasteiger partial charge is 0.260 e. The van der Waals surface area contributed by atoms with Crippen molar-refractivity contribution in [3.05, 3.63) is 75.9 Å². The summed E-state index contributed by atoms with van der Waals surface area (Å²) in [6.07, 6.45) is 2.20. The third-order valence-electron chi connectivity index (χ3n) is 6.04. The molecule has 31 heavy (non-hydrogen) atoms. The second-order valence-electron chi connectivity index (χ2n) is 8.27. The van der Waals surface area contributed by atoms with Gasteiger partial charge in [-0.1, -0.05) is 42.0 Å². The minimum Gasteiger partial charge on any atom is -0.492 e. The number of H-pyrrole nitrogens is 1. The number of aromatic amines is 1. The molecule has 5 rings (SSSR count). The molecule has 0 aliphatic carbocycles. The van der Waals surface area contributed by atoms with Crippen molar-refractivity contribution in [3.8, 4) is 27.3 Å². The molecule has 4 aromatic rings. The highest BCUT2D eigenvalue weighted by molar-refractivity contribution is 7.13. The van der Waals surface area contributed by atoms with Gasteiger partial charge in [0, 0.05) is 10.3 Å². The quantitative estimate of drug-likeness (QED) is 0.433. The van der Waals surface area contributed by atoms with Crippen molar-refractivity contribution in [2.45, 2.75) is 19.8 Å². The van der Waals surface area contributed by atoms with Crippen LogP contribution in [0.4, 0.5) is 0 Å². The number of thiophene rings is 1. The summed E-state index contributed by atoms with van der Waals surface area (Å²) >= 11 is 1.57. The second-order valence-corrected chi connectivity index (χ2v) is 9.21. The summed E-state index contributed by atoms with van der Waals surface area (Å²) in [5.41, 5.74) is 4.85. The fourth-order valence-electron chi connectivity index (χ4n) is 4.23. The van der Waals surface area contributed by atoms with Crippen molar-refractivity contribution < 1.29 is 4.74 Å². The first kappa shape index (κ1) is 20.0. The van der Waals surface area contributed by atoms with Crippen LogP contribution in [0.1, 0.15) is 18.4 Å². The molecule has 0 saturated carbocycles. The number of nitrogens with one attached hydrogen (secondary N) is 2. The van der Waals surface area contributed by atoms with Crippen LogP contribution in [-0.2, 0) is 0 Å². The molecule has 1 saturated heterocycles. The van der Waals surface area contributed by atoms with Gasteiger partial charge in [-0.25, -0.2) is 0 Å². The Morgan fingerprint density at radius 3 is 2.55 bits per heavy atom. The van der Waals surface area contributed by atoms with Gasteiger partial charge in [0.25, 0.3) is 5.56 Å². The average molecular weight is 431 g/mol. The Labute approximate surface area is 185 Å². The van der Waals surface area contributed by atoms with Gasteiger partial charge in [0.15, 0.2) is 0 Å². The molecule has 0 radical (unpaired) electrons. The Morgan fingerprint density at radius 1 is 1.03 bits per heavy atom. The van der Waals surface area contributed by atoms with Crippen LogP contribution in [0.15, 0.2) is 64.8 Å². The summed E-state index contributed by atoms with van der Waals surface area (Å²) in [5.74, 6) is 1.21. The van der Waals surface area contributed by atoms with Gasteiger partial charge in [0.05, 0.1) is 17.7 Å². The molecule has 3 heterocycles. The lowest BCUT2D eigenvalue weighted by molar-refractivity contribution is 0.217. The fraction of sp³-hybridized carbons (Fsp3) is 0.269. The van der Waals surface area contributed by atoms with Crippen LogP contribution in [0.2, 0.25) is 0 Å². The van der Waals surface area contributed by atoms with Crippen LogP contribution in [-0.4, -0.2) is 24.7 Å². The topological polar surface area (TPSA) is 54.1 Å². The maximum absolute atomic E-state index is 13.1. The Balaban J connectivity index is 1.64. The Hall–Kier alpha value is -2.89. The maximum Gasteiger partial charge on any atom is 0.260 e. The molecule has 4 nitrogen and oxygen atoms in total. The lowest BCUT2D eigenvalue weighted by Gasteiger charge is -2.23. The minimum absolute atomic E-state index is 0.0988. The number of benzene rings is 2. The molecular formula is C26H26N2O2S. The van der Waals surface area contributed by atoms with Crippen molar-refractivity contribution >= 4 is 22.2 Å². The van der Waals surface area contributed by atoms with E-state index in [0.29, 0.717) is 23.8 Å². The molecule has 0 bridgehead atoms. The van der Waals surface area contributed by atoms with E-state index in [1.165, 1.54) is 5.56 Å². The fourth-order valence-corrected chi connectivity index (χ4v) is 5.00. The van der Waals surface area contributed by atoms with Crippen molar-refractivity contribution in [2.24, 2.45) is 5.92 Å². The van der Waals surface area contributed by atoms with Gasteiger partial charge < -0.3 is 15.0 Å². The van der Waals surface area contributed by atoms with E-state index in [1.807, 2.05) is 23.6 Å². The van der Waals surface area contributed by atoms with E-state index in [0.717, 1.165) is 52.8 Å². The minimum atomic E-state index is -0.0988. The first-order valence-corrected chi connectivity index (χ1v) is 11.7. The molecule has 0 unspecified atom stereocenters. The Morgan fingerprint density at radius 2 is 1.81 bits per heavy atom. The number of fused-ring (bicyclic) bond motifs is 1. The van der Waals surface area contributed by atoms with Crippen LogP contribution in [0, 0.1) is 12.8 Å². The van der Waals surface area contributed by atoms with Gasteiger partial charge in [0.1, 0.15) is 5.75 Å². The van der Waals surface area contributed by atoms with Crippen LogP contribution in [0.25, 0.3) is 32.5 Å². The zero-order valence-corrected chi connectivity index (χ0v) is 18.4. The third-order valence-corrected chi connectivity index (χ3v) is 6.93. The second kappa shape index (κ2) is 8.69. The standard InChI is InChI=1S/C26H26N2O2S/c1-17-4-6-19(7-5-17)20-8-9-22-21(15-20)25(30-16-18-10-12-27-13-11-18)24(26(29)28-22)23-3-2-14-31-23/h2-9,14-15,18,27H,10-13,16H2,1H3,(H,28,29). The zero-order chi connectivity index (χ0) is 21.2. The summed E-state index contributed by atoms with van der Waals surface area (Å²) in [4.78, 5) is 17.1. The highest BCUT2D eigenvalue weighted by atomic mass is 32.1. The number of rotatable bonds is 5. The van der Waals surface area contributed by atoms with Gasteiger partial charge in [-0.15, -0.1) is 11.3 Å². The van der Waals surface area contributed by atoms with Gasteiger partial charge in [0.2, 0.25) is 0 Å². The van der Waals surface area contributed by atoms with Gasteiger partial charge in [-0.05, 0) is 73.5 Å². The molecule has 0 amide bonds. The Kier molecular flexibility index (Phi) is 5.62. The largest absolute Gasteiger partial charge is 0.492 e. The summed E-state index contributed by atoms with van der Waals surface area (Å²) in [6.45, 7) is 4.78. The average Bonchev–Trinajstić information content (AvgIpc) is 3.32. The number of piperidine rings is 1. The molecule has 1 aliphatic heterocycles. The zero-order valence-electron chi connectivity index (χ0n) is 17.6. The monoisotopic (exact) mass is 430 g/mol. The highest BCUT2D eigenvalue weighted by Gasteiger charge is 2.20. The van der Waals surface area contributed by atoms with Crippen molar-refractivity contribution in [1.82, 2.24) is 10.3 Å². The molecule has 2 aromatic carbocycles. The molecule has 158 valence electrons. The normalized spacial score (nSPS) is 14.7. The molecule has 0 spiro atoms. The van der Waals surface area contributed by atoms with Crippen molar-refractivity contribution in [2.75, 3.05) is 19.7 Å². The number of hydrogen-bond donors (Lipinski definition) is 2. The Bertz CT molecular complexity index is 1240. The predicted octanol–water partition coefficient (Wildman–Crippen LogP) is 5.61. The number of aryl methyl sites for hydroxylation is 1. The summed E-state index contributed by atoms with van der Waals surface area (Å²) in [5, 5.41) is 6.36. The van der Waals surface area contributed by atoms with Crippen LogP contribution in [0.5, 0.6) is 5.75 Å². The number of hydrogen-bond acceptors (Lipinski definition) is 4. The van der Waals surface area contributed by atoms with Crippen molar-refractivity contribution in [1.29, 1.82) is 0 Å². The van der Waals surface area contributed by atoms with Gasteiger partial charge in [-0.2, -0.15) is 0 Å². The number of aromatic nitrogens is 1. The summed E-state index contributed by atoms with van der Waals surface area (Å²) < 4.78 is 6.46. The molecule has 0 atom stereocenters. The van der Waals surface area contributed by atoms with Crippen LogP contribution in [0.3, 0.4) is 0 Å². The van der Waals surface area contributed by atoms with E-state index in [2.05, 4.69) is 53.6 Å². The molecular weight excluding hydrogens is 404 g/mol.